The van der Waals surface area contributed by atoms with Crippen LogP contribution in [0.4, 0.5) is 4.39 Å². The second-order valence-electron chi connectivity index (χ2n) is 5.33. The van der Waals surface area contributed by atoms with Crippen LogP contribution in [0.3, 0.4) is 0 Å². The first-order valence-electron chi connectivity index (χ1n) is 7.95. The third-order valence-corrected chi connectivity index (χ3v) is 4.29. The summed E-state index contributed by atoms with van der Waals surface area (Å²) < 4.78 is 12.9. The summed E-state index contributed by atoms with van der Waals surface area (Å²) in [6.07, 6.45) is 1.93. The van der Waals surface area contributed by atoms with Crippen LogP contribution in [0.2, 0.25) is 0 Å². The summed E-state index contributed by atoms with van der Waals surface area (Å²) in [5.41, 5.74) is 0.647. The highest BCUT2D eigenvalue weighted by Crippen LogP contribution is 2.13. The van der Waals surface area contributed by atoms with Gasteiger partial charge in [-0.25, -0.2) is 9.37 Å². The third-order valence-electron chi connectivity index (χ3n) is 3.32. The van der Waals surface area contributed by atoms with E-state index in [9.17, 15) is 9.50 Å². The van der Waals surface area contributed by atoms with Gasteiger partial charge in [0, 0.05) is 30.6 Å². The number of aliphatic hydroxyl groups is 1. The van der Waals surface area contributed by atoms with Crippen LogP contribution in [-0.2, 0) is 6.42 Å². The van der Waals surface area contributed by atoms with Gasteiger partial charge in [0.2, 0.25) is 0 Å². The largest absolute Gasteiger partial charge is 0.386 e. The Balaban J connectivity index is 1.86. The van der Waals surface area contributed by atoms with E-state index in [4.69, 9.17) is 0 Å². The molecule has 2 rings (SSSR count). The van der Waals surface area contributed by atoms with Crippen molar-refractivity contribution in [2.24, 2.45) is 4.99 Å². The lowest BCUT2D eigenvalue weighted by atomic mass is 10.1. The van der Waals surface area contributed by atoms with E-state index in [1.54, 1.807) is 23.5 Å². The van der Waals surface area contributed by atoms with Gasteiger partial charge in [-0.3, -0.25) is 4.99 Å². The maximum absolute atomic E-state index is 12.9. The maximum Gasteiger partial charge on any atom is 0.191 e. The average molecular weight is 350 g/mol. The van der Waals surface area contributed by atoms with Crippen molar-refractivity contribution in [1.29, 1.82) is 0 Å². The highest BCUT2D eigenvalue weighted by Gasteiger charge is 2.08. The number of hydrogen-bond acceptors (Lipinski definition) is 4. The average Bonchev–Trinajstić information content (AvgIpc) is 2.98. The van der Waals surface area contributed by atoms with Crippen LogP contribution < -0.4 is 10.6 Å². The molecule has 0 aliphatic carbocycles. The minimum atomic E-state index is -0.761. The first kappa shape index (κ1) is 18.4. The summed E-state index contributed by atoms with van der Waals surface area (Å²) in [4.78, 5) is 9.91. The summed E-state index contributed by atoms with van der Waals surface area (Å²) in [5, 5.41) is 17.6. The fourth-order valence-electron chi connectivity index (χ4n) is 2.11. The fourth-order valence-corrected chi connectivity index (χ4v) is 2.90. The summed E-state index contributed by atoms with van der Waals surface area (Å²) in [7, 11) is 0. The summed E-state index contributed by atoms with van der Waals surface area (Å²) in [6.45, 7) is 5.67. The van der Waals surface area contributed by atoms with Gasteiger partial charge in [0.15, 0.2) is 5.96 Å². The number of rotatable bonds is 7. The normalized spacial score (nSPS) is 12.9. The number of nitrogens with one attached hydrogen (secondary N) is 2. The van der Waals surface area contributed by atoms with Gasteiger partial charge in [-0.2, -0.15) is 0 Å². The van der Waals surface area contributed by atoms with Crippen molar-refractivity contribution in [3.8, 4) is 0 Å². The Hall–Kier alpha value is -1.99. The van der Waals surface area contributed by atoms with Gasteiger partial charge in [-0.15, -0.1) is 11.3 Å². The number of hydrogen-bond donors (Lipinski definition) is 3. The topological polar surface area (TPSA) is 69.5 Å². The third kappa shape index (κ3) is 5.90. The van der Waals surface area contributed by atoms with E-state index in [0.717, 1.165) is 18.0 Å². The molecule has 2 aromatic rings. The minimum absolute atomic E-state index is 0.206. The van der Waals surface area contributed by atoms with Crippen LogP contribution in [0.5, 0.6) is 0 Å². The van der Waals surface area contributed by atoms with Crippen molar-refractivity contribution < 1.29 is 9.50 Å². The molecule has 1 aromatic carbocycles. The van der Waals surface area contributed by atoms with Gasteiger partial charge in [0.25, 0.3) is 0 Å². The number of benzene rings is 1. The number of halogens is 1. The van der Waals surface area contributed by atoms with Crippen LogP contribution in [0, 0.1) is 12.7 Å². The number of guanidine groups is 1. The lowest BCUT2D eigenvalue weighted by molar-refractivity contribution is 0.187. The van der Waals surface area contributed by atoms with Crippen molar-refractivity contribution in [2.45, 2.75) is 26.4 Å². The second-order valence-corrected chi connectivity index (χ2v) is 6.65. The second kappa shape index (κ2) is 9.34. The standard InChI is InChI=1S/C17H23FN4OS/c1-3-19-17(20-9-8-16-21-10-12(2)24-16)22-11-15(23)13-4-6-14(18)7-5-13/h4-7,10,15,23H,3,8-9,11H2,1-2H3,(H2,19,20,22). The predicted octanol–water partition coefficient (Wildman–Crippen LogP) is 2.42. The zero-order chi connectivity index (χ0) is 17.4. The Morgan fingerprint density at radius 3 is 2.71 bits per heavy atom. The molecule has 130 valence electrons. The monoisotopic (exact) mass is 350 g/mol. The Morgan fingerprint density at radius 2 is 2.08 bits per heavy atom. The summed E-state index contributed by atoms with van der Waals surface area (Å²) in [5.74, 6) is 0.328. The molecule has 0 amide bonds. The molecule has 0 aliphatic rings. The molecule has 0 radical (unpaired) electrons. The van der Waals surface area contributed by atoms with E-state index in [1.165, 1.54) is 17.0 Å². The van der Waals surface area contributed by atoms with Gasteiger partial charge >= 0.3 is 0 Å². The number of aliphatic imine (C=N–C) groups is 1. The Morgan fingerprint density at radius 1 is 1.33 bits per heavy atom. The first-order valence-corrected chi connectivity index (χ1v) is 8.77. The maximum atomic E-state index is 12.9. The SMILES string of the molecule is CCNC(=NCC(O)c1ccc(F)cc1)NCCc1ncc(C)s1. The van der Waals surface area contributed by atoms with Crippen molar-refractivity contribution in [3.63, 3.8) is 0 Å². The van der Waals surface area contributed by atoms with Crippen molar-refractivity contribution in [2.75, 3.05) is 19.6 Å². The Bertz CT molecular complexity index is 657. The molecule has 24 heavy (non-hydrogen) atoms. The Labute approximate surface area is 145 Å². The smallest absolute Gasteiger partial charge is 0.191 e. The van der Waals surface area contributed by atoms with E-state index in [0.29, 0.717) is 18.1 Å². The highest BCUT2D eigenvalue weighted by atomic mass is 32.1. The van der Waals surface area contributed by atoms with Gasteiger partial charge in [-0.1, -0.05) is 12.1 Å². The summed E-state index contributed by atoms with van der Waals surface area (Å²) in [6, 6.07) is 5.81. The fraction of sp³-hybridized carbons (Fsp3) is 0.412. The van der Waals surface area contributed by atoms with Crippen molar-refractivity contribution in [1.82, 2.24) is 15.6 Å². The molecule has 1 heterocycles. The van der Waals surface area contributed by atoms with Gasteiger partial charge < -0.3 is 15.7 Å². The quantitative estimate of drug-likeness (QED) is 0.530. The number of aryl methyl sites for hydroxylation is 1. The van der Waals surface area contributed by atoms with Crippen LogP contribution in [0.15, 0.2) is 35.5 Å². The summed E-state index contributed by atoms with van der Waals surface area (Å²) >= 11 is 1.69. The highest BCUT2D eigenvalue weighted by molar-refractivity contribution is 7.11. The van der Waals surface area contributed by atoms with Crippen molar-refractivity contribution >= 4 is 17.3 Å². The molecule has 7 heteroatoms. The van der Waals surface area contributed by atoms with Crippen LogP contribution in [0.25, 0.3) is 0 Å². The zero-order valence-corrected chi connectivity index (χ0v) is 14.7. The minimum Gasteiger partial charge on any atom is -0.386 e. The molecule has 1 atom stereocenters. The van der Waals surface area contributed by atoms with E-state index in [2.05, 4.69) is 20.6 Å². The van der Waals surface area contributed by atoms with Crippen LogP contribution in [-0.4, -0.2) is 35.7 Å². The van der Waals surface area contributed by atoms with E-state index in [-0.39, 0.29) is 12.4 Å². The molecule has 0 aliphatic heterocycles. The Kier molecular flexibility index (Phi) is 7.14. The number of thiazole rings is 1. The molecule has 0 saturated heterocycles. The van der Waals surface area contributed by atoms with E-state index in [1.807, 2.05) is 20.0 Å². The number of aromatic nitrogens is 1. The molecule has 1 unspecified atom stereocenters. The zero-order valence-electron chi connectivity index (χ0n) is 13.9. The lowest BCUT2D eigenvalue weighted by Gasteiger charge is -2.13. The first-order chi connectivity index (χ1) is 11.6. The molecule has 0 spiro atoms. The molecular formula is C17H23FN4OS. The van der Waals surface area contributed by atoms with E-state index < -0.39 is 6.10 Å². The molecular weight excluding hydrogens is 327 g/mol. The van der Waals surface area contributed by atoms with Crippen molar-refractivity contribution in [3.05, 3.63) is 51.7 Å². The molecule has 1 aromatic heterocycles. The predicted molar refractivity (Wildman–Crippen MR) is 95.9 cm³/mol. The van der Waals surface area contributed by atoms with Gasteiger partial charge in [0.05, 0.1) is 17.7 Å². The van der Waals surface area contributed by atoms with Crippen LogP contribution >= 0.6 is 11.3 Å². The van der Waals surface area contributed by atoms with Gasteiger partial charge in [-0.05, 0) is 31.5 Å². The molecule has 5 nitrogen and oxygen atoms in total. The number of aliphatic hydroxyl groups excluding tert-OH is 1. The molecule has 3 N–H and O–H groups in total. The number of nitrogens with zero attached hydrogens (tertiary/aromatic N) is 2. The van der Waals surface area contributed by atoms with E-state index >= 15 is 0 Å². The van der Waals surface area contributed by atoms with Crippen LogP contribution in [0.1, 0.15) is 28.5 Å². The lowest BCUT2D eigenvalue weighted by Crippen LogP contribution is -2.38. The molecule has 0 saturated carbocycles. The van der Waals surface area contributed by atoms with Gasteiger partial charge in [0.1, 0.15) is 5.82 Å². The molecule has 0 bridgehead atoms. The molecule has 0 fully saturated rings.